The molecule has 1 saturated carbocycles. The van der Waals surface area contributed by atoms with Gasteiger partial charge in [0, 0.05) is 18.6 Å². The fraction of sp³-hybridized carbons (Fsp3) is 0.600. The van der Waals surface area contributed by atoms with E-state index in [0.29, 0.717) is 6.04 Å². The first-order chi connectivity index (χ1) is 8.70. The lowest BCUT2D eigenvalue weighted by molar-refractivity contribution is 0.253. The zero-order valence-corrected chi connectivity index (χ0v) is 11.6. The van der Waals surface area contributed by atoms with Crippen molar-refractivity contribution in [2.75, 3.05) is 27.7 Å². The van der Waals surface area contributed by atoms with Gasteiger partial charge in [-0.25, -0.2) is 0 Å². The van der Waals surface area contributed by atoms with E-state index in [2.05, 4.69) is 42.5 Å². The monoisotopic (exact) mass is 248 g/mol. The zero-order valence-electron chi connectivity index (χ0n) is 11.6. The summed E-state index contributed by atoms with van der Waals surface area (Å²) in [6.45, 7) is 1.00. The van der Waals surface area contributed by atoms with Crippen LogP contribution in [0, 0.1) is 0 Å². The van der Waals surface area contributed by atoms with Crippen molar-refractivity contribution in [3.63, 3.8) is 0 Å². The van der Waals surface area contributed by atoms with E-state index in [4.69, 9.17) is 4.74 Å². The third-order valence-electron chi connectivity index (χ3n) is 3.81. The fourth-order valence-electron chi connectivity index (χ4n) is 2.34. The second kappa shape index (κ2) is 6.21. The van der Waals surface area contributed by atoms with Gasteiger partial charge in [-0.1, -0.05) is 18.6 Å². The number of nitrogens with one attached hydrogen (secondary N) is 1. The summed E-state index contributed by atoms with van der Waals surface area (Å²) in [5.74, 6) is 0.933. The highest BCUT2D eigenvalue weighted by Crippen LogP contribution is 2.24. The van der Waals surface area contributed by atoms with Gasteiger partial charge < -0.3 is 15.0 Å². The molecule has 100 valence electrons. The number of rotatable bonds is 6. The van der Waals surface area contributed by atoms with E-state index in [1.165, 1.54) is 24.8 Å². The van der Waals surface area contributed by atoms with Crippen molar-refractivity contribution in [1.29, 1.82) is 0 Å². The maximum absolute atomic E-state index is 5.30. The third-order valence-corrected chi connectivity index (χ3v) is 3.81. The van der Waals surface area contributed by atoms with Gasteiger partial charge in [-0.15, -0.1) is 0 Å². The summed E-state index contributed by atoms with van der Waals surface area (Å²) in [5, 5.41) is 3.65. The molecule has 1 aliphatic rings. The topological polar surface area (TPSA) is 24.5 Å². The molecule has 1 aromatic carbocycles. The van der Waals surface area contributed by atoms with Gasteiger partial charge in [-0.3, -0.25) is 0 Å². The van der Waals surface area contributed by atoms with Crippen LogP contribution in [0.2, 0.25) is 0 Å². The Kier molecular flexibility index (Phi) is 4.61. The Morgan fingerprint density at radius 2 is 2.17 bits per heavy atom. The number of methoxy groups -OCH3 is 1. The van der Waals surface area contributed by atoms with Gasteiger partial charge in [-0.2, -0.15) is 0 Å². The predicted octanol–water partition coefficient (Wildman–Crippen LogP) is 2.44. The maximum Gasteiger partial charge on any atom is 0.119 e. The molecule has 1 aromatic rings. The summed E-state index contributed by atoms with van der Waals surface area (Å²) in [6.07, 6.45) is 4.04. The lowest BCUT2D eigenvalue weighted by Gasteiger charge is -2.31. The number of hydrogen-bond donors (Lipinski definition) is 1. The summed E-state index contributed by atoms with van der Waals surface area (Å²) >= 11 is 0. The van der Waals surface area contributed by atoms with E-state index >= 15 is 0 Å². The highest BCUT2D eigenvalue weighted by Gasteiger charge is 2.20. The molecule has 3 heteroatoms. The van der Waals surface area contributed by atoms with Crippen molar-refractivity contribution in [2.24, 2.45) is 0 Å². The van der Waals surface area contributed by atoms with E-state index in [-0.39, 0.29) is 0 Å². The fourth-order valence-corrected chi connectivity index (χ4v) is 2.34. The van der Waals surface area contributed by atoms with Gasteiger partial charge in [0.15, 0.2) is 0 Å². The van der Waals surface area contributed by atoms with Crippen molar-refractivity contribution < 1.29 is 4.74 Å². The molecule has 1 aliphatic carbocycles. The van der Waals surface area contributed by atoms with Crippen molar-refractivity contribution in [1.82, 2.24) is 10.2 Å². The largest absolute Gasteiger partial charge is 0.497 e. The predicted molar refractivity (Wildman–Crippen MR) is 75.1 cm³/mol. The van der Waals surface area contributed by atoms with Gasteiger partial charge in [0.25, 0.3) is 0 Å². The number of nitrogens with zero attached hydrogens (tertiary/aromatic N) is 1. The molecule has 0 heterocycles. The van der Waals surface area contributed by atoms with Gasteiger partial charge in [0.2, 0.25) is 0 Å². The Morgan fingerprint density at radius 3 is 2.72 bits per heavy atom. The summed E-state index contributed by atoms with van der Waals surface area (Å²) in [7, 11) is 5.98. The standard InChI is InChI=1S/C15H24N2O/c1-17(2)15(11-16-13-7-5-8-13)12-6-4-9-14(10-12)18-3/h4,6,9-10,13,15-16H,5,7-8,11H2,1-3H3. The molecule has 1 N–H and O–H groups in total. The normalized spacial score (nSPS) is 17.6. The number of likely N-dealkylation sites (N-methyl/N-ethyl adjacent to an activating group) is 1. The lowest BCUT2D eigenvalue weighted by Crippen LogP contribution is -2.40. The minimum atomic E-state index is 0.403. The van der Waals surface area contributed by atoms with Crippen LogP contribution in [0.5, 0.6) is 5.75 Å². The van der Waals surface area contributed by atoms with Crippen LogP contribution in [0.25, 0.3) is 0 Å². The Labute approximate surface area is 110 Å². The van der Waals surface area contributed by atoms with Crippen LogP contribution in [-0.4, -0.2) is 38.7 Å². The van der Waals surface area contributed by atoms with Crippen LogP contribution >= 0.6 is 0 Å². The summed E-state index contributed by atoms with van der Waals surface area (Å²) in [5.41, 5.74) is 1.31. The Bertz CT molecular complexity index is 375. The van der Waals surface area contributed by atoms with Crippen molar-refractivity contribution in [3.8, 4) is 5.75 Å². The van der Waals surface area contributed by atoms with E-state index in [0.717, 1.165) is 18.3 Å². The molecule has 0 amide bonds. The first-order valence-electron chi connectivity index (χ1n) is 6.74. The molecular weight excluding hydrogens is 224 g/mol. The molecule has 0 aliphatic heterocycles. The van der Waals surface area contributed by atoms with Crippen LogP contribution < -0.4 is 10.1 Å². The van der Waals surface area contributed by atoms with E-state index in [1.807, 2.05) is 6.07 Å². The van der Waals surface area contributed by atoms with Gasteiger partial charge in [0.05, 0.1) is 7.11 Å². The van der Waals surface area contributed by atoms with Crippen LogP contribution in [0.1, 0.15) is 30.9 Å². The number of ether oxygens (including phenoxy) is 1. The minimum absolute atomic E-state index is 0.403. The zero-order chi connectivity index (χ0) is 13.0. The molecule has 3 nitrogen and oxygen atoms in total. The quantitative estimate of drug-likeness (QED) is 0.837. The Hall–Kier alpha value is -1.06. The SMILES string of the molecule is COc1cccc(C(CNC2CCC2)N(C)C)c1. The molecule has 1 atom stereocenters. The Morgan fingerprint density at radius 1 is 1.39 bits per heavy atom. The summed E-state index contributed by atoms with van der Waals surface area (Å²) in [4.78, 5) is 2.26. The highest BCUT2D eigenvalue weighted by molar-refractivity contribution is 5.30. The van der Waals surface area contributed by atoms with Crippen LogP contribution in [0.4, 0.5) is 0 Å². The first-order valence-corrected chi connectivity index (χ1v) is 6.74. The van der Waals surface area contributed by atoms with Crippen molar-refractivity contribution >= 4 is 0 Å². The first kappa shape index (κ1) is 13.4. The maximum atomic E-state index is 5.30. The molecule has 18 heavy (non-hydrogen) atoms. The van der Waals surface area contributed by atoms with Crippen molar-refractivity contribution in [3.05, 3.63) is 29.8 Å². The summed E-state index contributed by atoms with van der Waals surface area (Å²) in [6, 6.07) is 9.51. The molecule has 0 radical (unpaired) electrons. The molecule has 0 saturated heterocycles. The highest BCUT2D eigenvalue weighted by atomic mass is 16.5. The molecule has 1 fully saturated rings. The third kappa shape index (κ3) is 3.24. The molecular formula is C15H24N2O. The van der Waals surface area contributed by atoms with Crippen LogP contribution in [-0.2, 0) is 0 Å². The molecule has 1 unspecified atom stereocenters. The molecule has 2 rings (SSSR count). The summed E-state index contributed by atoms with van der Waals surface area (Å²) < 4.78 is 5.30. The Balaban J connectivity index is 2.02. The van der Waals surface area contributed by atoms with Gasteiger partial charge >= 0.3 is 0 Å². The average Bonchev–Trinajstić information content (AvgIpc) is 2.32. The van der Waals surface area contributed by atoms with E-state index in [1.54, 1.807) is 7.11 Å². The van der Waals surface area contributed by atoms with E-state index in [9.17, 15) is 0 Å². The lowest BCUT2D eigenvalue weighted by atomic mass is 9.92. The molecule has 0 aromatic heterocycles. The van der Waals surface area contributed by atoms with Crippen LogP contribution in [0.15, 0.2) is 24.3 Å². The van der Waals surface area contributed by atoms with Crippen molar-refractivity contribution in [2.45, 2.75) is 31.3 Å². The average molecular weight is 248 g/mol. The molecule has 0 spiro atoms. The smallest absolute Gasteiger partial charge is 0.119 e. The van der Waals surface area contributed by atoms with E-state index < -0.39 is 0 Å². The molecule has 0 bridgehead atoms. The van der Waals surface area contributed by atoms with Gasteiger partial charge in [0.1, 0.15) is 5.75 Å². The van der Waals surface area contributed by atoms with Gasteiger partial charge in [-0.05, 0) is 44.6 Å². The minimum Gasteiger partial charge on any atom is -0.497 e. The second-order valence-corrected chi connectivity index (χ2v) is 5.29. The second-order valence-electron chi connectivity index (χ2n) is 5.29. The number of benzene rings is 1. The van der Waals surface area contributed by atoms with Crippen LogP contribution in [0.3, 0.4) is 0 Å². The number of hydrogen-bond acceptors (Lipinski definition) is 3.